The number of carbonyl (C=O) groups is 2. The van der Waals surface area contributed by atoms with Crippen LogP contribution in [0.25, 0.3) is 5.57 Å². The number of fused-ring (bicyclic) bond motifs is 2. The standard InChI is InChI=1S/C31H38FNO4/c1-4-36-31(35)33-24-10-13-26-22(16-24)17-28-29(19(3)37-30(28)34)27(26)12-9-20-8-11-25(18(2)14-20)21-6-5-7-23(32)15-21/h5-9,11-12,15,18-19,22,24,26-29H,4,10,13-14,16-17H2,1-3H3,(H,33,35)/b12-9+/t18?,19-,22+,24-,26+,27+,28-,29+/m0/s1. The second-order valence-electron chi connectivity index (χ2n) is 11.3. The summed E-state index contributed by atoms with van der Waals surface area (Å²) in [7, 11) is 0. The molecule has 198 valence electrons. The van der Waals surface area contributed by atoms with Gasteiger partial charge in [-0.15, -0.1) is 0 Å². The highest BCUT2D eigenvalue weighted by Gasteiger charge is 2.54. The zero-order valence-electron chi connectivity index (χ0n) is 22.0. The molecule has 3 fully saturated rings. The summed E-state index contributed by atoms with van der Waals surface area (Å²) in [5.74, 6) is 1.23. The Morgan fingerprint density at radius 1 is 1.22 bits per heavy atom. The fourth-order valence-electron chi connectivity index (χ4n) is 7.39. The molecule has 0 bridgehead atoms. The molecule has 1 saturated heterocycles. The molecule has 8 atom stereocenters. The lowest BCUT2D eigenvalue weighted by atomic mass is 9.57. The van der Waals surface area contributed by atoms with Gasteiger partial charge in [-0.1, -0.05) is 43.4 Å². The molecule has 1 amide bonds. The zero-order valence-corrected chi connectivity index (χ0v) is 22.0. The molecule has 1 unspecified atom stereocenters. The SMILES string of the molecule is CCOC(=O)N[C@H]1CC[C@@H]2[C@H](C1)C[C@@H]1C(=O)O[C@@H](C)[C@@H]1[C@@H]2/C=C/C1=CC=C(c2cccc(F)c2)C(C)C1. The van der Waals surface area contributed by atoms with E-state index >= 15 is 0 Å². The average Bonchev–Trinajstić information content (AvgIpc) is 3.14. The molecule has 6 heteroatoms. The highest BCUT2D eigenvalue weighted by Crippen LogP contribution is 2.53. The lowest BCUT2D eigenvalue weighted by Gasteiger charge is -2.47. The molecule has 2 saturated carbocycles. The Morgan fingerprint density at radius 3 is 2.81 bits per heavy atom. The Hall–Kier alpha value is -2.89. The van der Waals surface area contributed by atoms with E-state index in [0.29, 0.717) is 18.4 Å². The van der Waals surface area contributed by atoms with Gasteiger partial charge in [0.05, 0.1) is 12.5 Å². The predicted octanol–water partition coefficient (Wildman–Crippen LogP) is 6.46. The molecule has 1 heterocycles. The van der Waals surface area contributed by atoms with Crippen LogP contribution < -0.4 is 5.32 Å². The Morgan fingerprint density at radius 2 is 2.05 bits per heavy atom. The quantitative estimate of drug-likeness (QED) is 0.465. The summed E-state index contributed by atoms with van der Waals surface area (Å²) in [5.41, 5.74) is 3.35. The van der Waals surface area contributed by atoms with Crippen molar-refractivity contribution >= 4 is 17.6 Å². The van der Waals surface area contributed by atoms with Crippen LogP contribution in [0.3, 0.4) is 0 Å². The molecule has 1 aromatic rings. The van der Waals surface area contributed by atoms with E-state index in [1.807, 2.05) is 19.9 Å². The van der Waals surface area contributed by atoms with Gasteiger partial charge in [0.2, 0.25) is 0 Å². The fourth-order valence-corrected chi connectivity index (χ4v) is 7.39. The van der Waals surface area contributed by atoms with Gasteiger partial charge in [0.15, 0.2) is 0 Å². The van der Waals surface area contributed by atoms with Gasteiger partial charge >= 0.3 is 12.1 Å². The van der Waals surface area contributed by atoms with E-state index in [1.165, 1.54) is 11.6 Å². The third-order valence-electron chi connectivity index (χ3n) is 8.99. The molecule has 5 nitrogen and oxygen atoms in total. The summed E-state index contributed by atoms with van der Waals surface area (Å²) in [6, 6.07) is 6.89. The topological polar surface area (TPSA) is 64.6 Å². The first kappa shape index (κ1) is 25.7. The second-order valence-corrected chi connectivity index (χ2v) is 11.3. The number of rotatable bonds is 5. The lowest BCUT2D eigenvalue weighted by molar-refractivity contribution is -0.144. The molecular formula is C31H38FNO4. The molecule has 1 aromatic carbocycles. The fraction of sp³-hybridized carbons (Fsp3) is 0.548. The van der Waals surface area contributed by atoms with E-state index in [0.717, 1.165) is 43.2 Å². The van der Waals surface area contributed by atoms with Crippen molar-refractivity contribution in [3.63, 3.8) is 0 Å². The van der Waals surface area contributed by atoms with Crippen LogP contribution in [-0.2, 0) is 14.3 Å². The van der Waals surface area contributed by atoms with Gasteiger partial charge in [-0.3, -0.25) is 4.79 Å². The van der Waals surface area contributed by atoms with Crippen LogP contribution in [0.1, 0.15) is 58.4 Å². The first-order chi connectivity index (χ1) is 17.8. The number of cyclic esters (lactones) is 1. The number of benzene rings is 1. The summed E-state index contributed by atoms with van der Waals surface area (Å²) in [4.78, 5) is 24.7. The van der Waals surface area contributed by atoms with Gasteiger partial charge in [0, 0.05) is 12.0 Å². The smallest absolute Gasteiger partial charge is 0.407 e. The summed E-state index contributed by atoms with van der Waals surface area (Å²) in [6.45, 7) is 6.39. The van der Waals surface area contributed by atoms with E-state index < -0.39 is 0 Å². The number of alkyl carbamates (subject to hydrolysis) is 1. The minimum absolute atomic E-state index is 0.0667. The molecule has 0 aromatic heterocycles. The number of hydrogen-bond donors (Lipinski definition) is 1. The van der Waals surface area contributed by atoms with Gasteiger partial charge in [0.1, 0.15) is 11.9 Å². The third-order valence-corrected chi connectivity index (χ3v) is 8.99. The van der Waals surface area contributed by atoms with Crippen LogP contribution in [-0.4, -0.2) is 30.8 Å². The zero-order chi connectivity index (χ0) is 26.1. The molecule has 1 N–H and O–H groups in total. The van der Waals surface area contributed by atoms with Crippen LogP contribution in [0, 0.1) is 41.3 Å². The van der Waals surface area contributed by atoms with Crippen LogP contribution >= 0.6 is 0 Å². The molecule has 37 heavy (non-hydrogen) atoms. The number of allylic oxidation sites excluding steroid dienone is 6. The number of amides is 1. The molecule has 0 spiro atoms. The van der Waals surface area contributed by atoms with E-state index in [2.05, 4.69) is 36.5 Å². The van der Waals surface area contributed by atoms with Crippen molar-refractivity contribution in [1.82, 2.24) is 5.32 Å². The van der Waals surface area contributed by atoms with Crippen LogP contribution in [0.5, 0.6) is 0 Å². The Kier molecular flexibility index (Phi) is 7.55. The van der Waals surface area contributed by atoms with Crippen LogP contribution in [0.4, 0.5) is 9.18 Å². The van der Waals surface area contributed by atoms with Crippen molar-refractivity contribution in [2.45, 2.75) is 65.0 Å². The Balaban J connectivity index is 1.35. The van der Waals surface area contributed by atoms with Gasteiger partial charge in [0.25, 0.3) is 0 Å². The van der Waals surface area contributed by atoms with Gasteiger partial charge < -0.3 is 14.8 Å². The van der Waals surface area contributed by atoms with Crippen molar-refractivity contribution in [3.05, 3.63) is 65.5 Å². The minimum Gasteiger partial charge on any atom is -0.462 e. The van der Waals surface area contributed by atoms with Crippen molar-refractivity contribution in [2.24, 2.45) is 35.5 Å². The first-order valence-electron chi connectivity index (χ1n) is 13.8. The molecule has 4 aliphatic rings. The van der Waals surface area contributed by atoms with Crippen molar-refractivity contribution in [1.29, 1.82) is 0 Å². The predicted molar refractivity (Wildman–Crippen MR) is 141 cm³/mol. The van der Waals surface area contributed by atoms with Crippen molar-refractivity contribution in [2.75, 3.05) is 6.61 Å². The number of nitrogens with one attached hydrogen (secondary N) is 1. The number of ether oxygens (including phenoxy) is 2. The maximum atomic E-state index is 13.8. The molecule has 3 aliphatic carbocycles. The second kappa shape index (κ2) is 10.8. The Labute approximate surface area is 219 Å². The van der Waals surface area contributed by atoms with Crippen LogP contribution in [0.2, 0.25) is 0 Å². The maximum absolute atomic E-state index is 13.8. The van der Waals surface area contributed by atoms with E-state index in [1.54, 1.807) is 12.1 Å². The average molecular weight is 508 g/mol. The number of halogens is 1. The molecule has 0 radical (unpaired) electrons. The van der Waals surface area contributed by atoms with Gasteiger partial charge in [-0.25, -0.2) is 9.18 Å². The molecular weight excluding hydrogens is 469 g/mol. The normalized spacial score (nSPS) is 35.2. The van der Waals surface area contributed by atoms with E-state index in [4.69, 9.17) is 9.47 Å². The summed E-state index contributed by atoms with van der Waals surface area (Å²) >= 11 is 0. The summed E-state index contributed by atoms with van der Waals surface area (Å²) < 4.78 is 24.6. The highest BCUT2D eigenvalue weighted by molar-refractivity contribution is 5.75. The van der Waals surface area contributed by atoms with E-state index in [-0.39, 0.29) is 53.7 Å². The molecule has 5 rings (SSSR count). The summed E-state index contributed by atoms with van der Waals surface area (Å²) in [6.07, 6.45) is 13.0. The summed E-state index contributed by atoms with van der Waals surface area (Å²) in [5, 5.41) is 3.02. The number of carbonyl (C=O) groups excluding carboxylic acids is 2. The number of hydrogen-bond acceptors (Lipinski definition) is 4. The monoisotopic (exact) mass is 507 g/mol. The van der Waals surface area contributed by atoms with E-state index in [9.17, 15) is 14.0 Å². The molecule has 1 aliphatic heterocycles. The third kappa shape index (κ3) is 5.39. The van der Waals surface area contributed by atoms with Crippen molar-refractivity contribution in [3.8, 4) is 0 Å². The van der Waals surface area contributed by atoms with Crippen LogP contribution in [0.15, 0.2) is 54.1 Å². The Bertz CT molecular complexity index is 1120. The largest absolute Gasteiger partial charge is 0.462 e. The first-order valence-corrected chi connectivity index (χ1v) is 13.8. The highest BCUT2D eigenvalue weighted by atomic mass is 19.1. The van der Waals surface area contributed by atoms with Gasteiger partial charge in [-0.2, -0.15) is 0 Å². The van der Waals surface area contributed by atoms with Gasteiger partial charge in [-0.05, 0) is 98.5 Å². The maximum Gasteiger partial charge on any atom is 0.407 e. The minimum atomic E-state index is -0.353. The number of esters is 1. The lowest BCUT2D eigenvalue weighted by Crippen LogP contribution is -2.48. The van der Waals surface area contributed by atoms with Crippen molar-refractivity contribution < 1.29 is 23.5 Å².